The van der Waals surface area contributed by atoms with E-state index in [1.165, 1.54) is 0 Å². The van der Waals surface area contributed by atoms with Gasteiger partial charge in [0.15, 0.2) is 0 Å². The van der Waals surface area contributed by atoms with Gasteiger partial charge in [0.25, 0.3) is 5.56 Å². The van der Waals surface area contributed by atoms with Crippen molar-refractivity contribution >= 4 is 22.4 Å². The van der Waals surface area contributed by atoms with Gasteiger partial charge < -0.3 is 0 Å². The molecule has 0 amide bonds. The molecule has 1 unspecified atom stereocenters. The molecule has 5 nitrogen and oxygen atoms in total. The molecule has 0 aliphatic carbocycles. The minimum Gasteiger partial charge on any atom is -0.297 e. The van der Waals surface area contributed by atoms with Crippen molar-refractivity contribution in [2.75, 3.05) is 12.0 Å². The molecule has 0 bridgehead atoms. The molecule has 112 valence electrons. The van der Waals surface area contributed by atoms with Crippen LogP contribution in [0.2, 0.25) is 5.15 Å². The second-order valence-corrected chi connectivity index (χ2v) is 6.51. The van der Waals surface area contributed by atoms with Gasteiger partial charge in [0, 0.05) is 29.4 Å². The van der Waals surface area contributed by atoms with E-state index in [9.17, 15) is 13.8 Å². The number of aromatic nitrogens is 2. The number of nitrogens with one attached hydrogen (secondary N) is 1. The minimum atomic E-state index is -0.952. The van der Waals surface area contributed by atoms with Crippen LogP contribution < -0.4 is 11.2 Å². The van der Waals surface area contributed by atoms with Crippen LogP contribution in [0.4, 0.5) is 0 Å². The van der Waals surface area contributed by atoms with Crippen molar-refractivity contribution in [2.45, 2.75) is 13.0 Å². The van der Waals surface area contributed by atoms with Crippen molar-refractivity contribution < 1.29 is 4.21 Å². The van der Waals surface area contributed by atoms with E-state index in [2.05, 4.69) is 4.98 Å². The van der Waals surface area contributed by atoms with Crippen LogP contribution in [0.15, 0.2) is 39.9 Å². The summed E-state index contributed by atoms with van der Waals surface area (Å²) in [6.07, 6.45) is 2.08. The molecule has 1 atom stereocenters. The van der Waals surface area contributed by atoms with E-state index in [0.29, 0.717) is 17.7 Å². The minimum absolute atomic E-state index is 0.0338. The molecule has 0 spiro atoms. The molecule has 1 heterocycles. The molecule has 1 aromatic heterocycles. The number of nitrogens with zero attached hydrogens (tertiary/aromatic N) is 1. The SMILES string of the molecule is CS(=O)CCCn1c(=O)[nH]c(Cl)c(-c2ccccc2)c1=O. The third-order valence-electron chi connectivity index (χ3n) is 3.02. The maximum absolute atomic E-state index is 12.5. The first kappa shape index (κ1) is 15.7. The van der Waals surface area contributed by atoms with Crippen molar-refractivity contribution in [3.63, 3.8) is 0 Å². The Kier molecular flexibility index (Phi) is 5.14. The van der Waals surface area contributed by atoms with E-state index in [-0.39, 0.29) is 17.3 Å². The van der Waals surface area contributed by atoms with Gasteiger partial charge in [-0.1, -0.05) is 41.9 Å². The van der Waals surface area contributed by atoms with E-state index >= 15 is 0 Å². The van der Waals surface area contributed by atoms with Crippen molar-refractivity contribution in [1.82, 2.24) is 9.55 Å². The summed E-state index contributed by atoms with van der Waals surface area (Å²) in [6.45, 7) is 0.213. The molecule has 21 heavy (non-hydrogen) atoms. The van der Waals surface area contributed by atoms with E-state index in [0.717, 1.165) is 4.57 Å². The Hall–Kier alpha value is -1.66. The molecule has 0 radical (unpaired) electrons. The van der Waals surface area contributed by atoms with Gasteiger partial charge >= 0.3 is 5.69 Å². The number of benzene rings is 1. The lowest BCUT2D eigenvalue weighted by atomic mass is 10.1. The van der Waals surface area contributed by atoms with Crippen LogP contribution in [0.5, 0.6) is 0 Å². The summed E-state index contributed by atoms with van der Waals surface area (Å²) in [6, 6.07) is 8.93. The van der Waals surface area contributed by atoms with Gasteiger partial charge in [-0.05, 0) is 12.0 Å². The quantitative estimate of drug-likeness (QED) is 0.849. The number of hydrogen-bond acceptors (Lipinski definition) is 3. The Labute approximate surface area is 129 Å². The molecule has 0 aliphatic rings. The maximum Gasteiger partial charge on any atom is 0.329 e. The van der Waals surface area contributed by atoms with Gasteiger partial charge in [0.1, 0.15) is 5.15 Å². The van der Waals surface area contributed by atoms with E-state index in [1.54, 1.807) is 30.5 Å². The summed E-state index contributed by atoms with van der Waals surface area (Å²) in [7, 11) is -0.952. The van der Waals surface area contributed by atoms with Gasteiger partial charge in [-0.2, -0.15) is 0 Å². The Bertz CT molecular complexity index is 768. The fourth-order valence-electron chi connectivity index (χ4n) is 2.03. The normalized spacial score (nSPS) is 12.3. The van der Waals surface area contributed by atoms with Crippen molar-refractivity contribution in [3.8, 4) is 11.1 Å². The topological polar surface area (TPSA) is 71.9 Å². The molecule has 0 saturated carbocycles. The van der Waals surface area contributed by atoms with E-state index < -0.39 is 22.0 Å². The van der Waals surface area contributed by atoms with Crippen molar-refractivity contribution in [1.29, 1.82) is 0 Å². The van der Waals surface area contributed by atoms with E-state index in [1.807, 2.05) is 6.07 Å². The van der Waals surface area contributed by atoms with Crippen LogP contribution in [0.1, 0.15) is 6.42 Å². The molecule has 7 heteroatoms. The molecule has 2 rings (SSSR count). The molecule has 1 aromatic carbocycles. The fraction of sp³-hybridized carbons (Fsp3) is 0.286. The molecule has 1 N–H and O–H groups in total. The van der Waals surface area contributed by atoms with Gasteiger partial charge in [-0.15, -0.1) is 0 Å². The zero-order valence-electron chi connectivity index (χ0n) is 11.5. The summed E-state index contributed by atoms with van der Waals surface area (Å²) in [5.41, 5.74) is -0.0607. The zero-order valence-corrected chi connectivity index (χ0v) is 13.0. The first-order valence-corrected chi connectivity index (χ1v) is 8.49. The van der Waals surface area contributed by atoms with Gasteiger partial charge in [-0.3, -0.25) is 18.6 Å². The predicted molar refractivity (Wildman–Crippen MR) is 85.3 cm³/mol. The number of halogens is 1. The van der Waals surface area contributed by atoms with Crippen molar-refractivity contribution in [3.05, 3.63) is 56.3 Å². The summed E-state index contributed by atoms with van der Waals surface area (Å²) >= 11 is 6.01. The Morgan fingerprint density at radius 1 is 1.24 bits per heavy atom. The number of H-pyrrole nitrogens is 1. The third-order valence-corrected chi connectivity index (χ3v) is 4.16. The summed E-state index contributed by atoms with van der Waals surface area (Å²) in [5, 5.41) is 0.0338. The average Bonchev–Trinajstić information content (AvgIpc) is 2.43. The van der Waals surface area contributed by atoms with E-state index in [4.69, 9.17) is 11.6 Å². The zero-order chi connectivity index (χ0) is 15.4. The highest BCUT2D eigenvalue weighted by Crippen LogP contribution is 2.20. The highest BCUT2D eigenvalue weighted by atomic mass is 35.5. The fourth-order valence-corrected chi connectivity index (χ4v) is 2.84. The second kappa shape index (κ2) is 6.87. The highest BCUT2D eigenvalue weighted by molar-refractivity contribution is 7.84. The summed E-state index contributed by atoms with van der Waals surface area (Å²) < 4.78 is 12.2. The largest absolute Gasteiger partial charge is 0.329 e. The van der Waals surface area contributed by atoms with Crippen LogP contribution in [-0.2, 0) is 17.3 Å². The Balaban J connectivity index is 2.46. The van der Waals surface area contributed by atoms with Gasteiger partial charge in [0.05, 0.1) is 5.56 Å². The standard InChI is InChI=1S/C14H15ClN2O3S/c1-21(20)9-5-8-17-13(18)11(12(15)16-14(17)19)10-6-3-2-4-7-10/h2-4,6-7H,5,8-9H2,1H3,(H,16,19). The molecule has 0 saturated heterocycles. The van der Waals surface area contributed by atoms with Crippen LogP contribution >= 0.6 is 11.6 Å². The molecule has 0 aliphatic heterocycles. The van der Waals surface area contributed by atoms with Gasteiger partial charge in [-0.25, -0.2) is 4.79 Å². The van der Waals surface area contributed by atoms with Crippen molar-refractivity contribution in [2.24, 2.45) is 0 Å². The first-order chi connectivity index (χ1) is 10.0. The van der Waals surface area contributed by atoms with Crippen LogP contribution in [0.25, 0.3) is 11.1 Å². The average molecular weight is 327 g/mol. The van der Waals surface area contributed by atoms with Gasteiger partial charge in [0.2, 0.25) is 0 Å². The van der Waals surface area contributed by atoms with Crippen LogP contribution in [0.3, 0.4) is 0 Å². The number of aromatic amines is 1. The molecule has 0 fully saturated rings. The molecule has 2 aromatic rings. The first-order valence-electron chi connectivity index (χ1n) is 6.38. The smallest absolute Gasteiger partial charge is 0.297 e. The monoisotopic (exact) mass is 326 g/mol. The lowest BCUT2D eigenvalue weighted by Gasteiger charge is -2.09. The molecular formula is C14H15ClN2O3S. The Morgan fingerprint density at radius 2 is 1.90 bits per heavy atom. The second-order valence-electron chi connectivity index (χ2n) is 4.57. The molecular weight excluding hydrogens is 312 g/mol. The van der Waals surface area contributed by atoms with Crippen LogP contribution in [0, 0.1) is 0 Å². The predicted octanol–water partition coefficient (Wildman–Crippen LogP) is 1.63. The summed E-state index contributed by atoms with van der Waals surface area (Å²) in [5.74, 6) is 0.440. The number of rotatable bonds is 5. The third kappa shape index (κ3) is 3.71. The highest BCUT2D eigenvalue weighted by Gasteiger charge is 2.14. The van der Waals surface area contributed by atoms with Crippen LogP contribution in [-0.4, -0.2) is 25.8 Å². The summed E-state index contributed by atoms with van der Waals surface area (Å²) in [4.78, 5) is 26.8. The lowest BCUT2D eigenvalue weighted by molar-refractivity contribution is 0.614. The Morgan fingerprint density at radius 3 is 2.52 bits per heavy atom. The maximum atomic E-state index is 12.5. The number of hydrogen-bond donors (Lipinski definition) is 1. The lowest BCUT2D eigenvalue weighted by Crippen LogP contribution is -2.36.